The lowest BCUT2D eigenvalue weighted by atomic mass is 9.87. The van der Waals surface area contributed by atoms with Crippen LogP contribution in [0.25, 0.3) is 10.8 Å². The van der Waals surface area contributed by atoms with Gasteiger partial charge in [0.1, 0.15) is 5.60 Å². The molecule has 2 heteroatoms. The van der Waals surface area contributed by atoms with E-state index in [1.54, 1.807) is 0 Å². The Hall–Kier alpha value is -1.38. The SMILES string of the molecule is OC1(c2ccc3ccccc3c2)CNC1. The Kier molecular flexibility index (Phi) is 1.81. The molecule has 0 unspecified atom stereocenters. The summed E-state index contributed by atoms with van der Waals surface area (Å²) in [5.41, 5.74) is 0.365. The molecule has 0 bridgehead atoms. The van der Waals surface area contributed by atoms with Gasteiger partial charge < -0.3 is 10.4 Å². The van der Waals surface area contributed by atoms with Crippen molar-refractivity contribution in [3.63, 3.8) is 0 Å². The van der Waals surface area contributed by atoms with Gasteiger partial charge in [0, 0.05) is 13.1 Å². The van der Waals surface area contributed by atoms with Crippen molar-refractivity contribution in [3.05, 3.63) is 48.0 Å². The van der Waals surface area contributed by atoms with Gasteiger partial charge in [-0.3, -0.25) is 0 Å². The maximum Gasteiger partial charge on any atom is 0.114 e. The second-order valence-electron chi connectivity index (χ2n) is 4.20. The second kappa shape index (κ2) is 3.05. The highest BCUT2D eigenvalue weighted by Crippen LogP contribution is 2.27. The van der Waals surface area contributed by atoms with Gasteiger partial charge in [-0.05, 0) is 22.4 Å². The minimum atomic E-state index is -0.649. The molecule has 3 rings (SSSR count). The molecule has 0 saturated carbocycles. The summed E-state index contributed by atoms with van der Waals surface area (Å²) >= 11 is 0. The fourth-order valence-electron chi connectivity index (χ4n) is 2.04. The Morgan fingerprint density at radius 3 is 2.40 bits per heavy atom. The normalized spacial score (nSPS) is 18.7. The molecule has 0 atom stereocenters. The molecule has 2 aromatic rings. The third kappa shape index (κ3) is 1.34. The highest BCUT2D eigenvalue weighted by atomic mass is 16.3. The third-order valence-corrected chi connectivity index (χ3v) is 3.12. The van der Waals surface area contributed by atoms with E-state index in [4.69, 9.17) is 0 Å². The fraction of sp³-hybridized carbons (Fsp3) is 0.231. The number of hydrogen-bond acceptors (Lipinski definition) is 2. The first-order valence-electron chi connectivity index (χ1n) is 5.20. The Labute approximate surface area is 88.5 Å². The van der Waals surface area contributed by atoms with Gasteiger partial charge in [0.15, 0.2) is 0 Å². The van der Waals surface area contributed by atoms with Crippen LogP contribution in [-0.2, 0) is 5.60 Å². The molecule has 0 radical (unpaired) electrons. The summed E-state index contributed by atoms with van der Waals surface area (Å²) in [5, 5.41) is 15.7. The molecule has 2 nitrogen and oxygen atoms in total. The minimum Gasteiger partial charge on any atom is -0.382 e. The number of aliphatic hydroxyl groups is 1. The predicted octanol–water partition coefficient (Wildman–Crippen LogP) is 1.63. The number of fused-ring (bicyclic) bond motifs is 1. The first-order chi connectivity index (χ1) is 7.28. The van der Waals surface area contributed by atoms with Crippen LogP contribution in [-0.4, -0.2) is 18.2 Å². The number of hydrogen-bond donors (Lipinski definition) is 2. The van der Waals surface area contributed by atoms with Crippen molar-refractivity contribution < 1.29 is 5.11 Å². The maximum absolute atomic E-state index is 10.2. The standard InChI is InChI=1S/C13H13NO/c15-13(8-14-9-13)12-6-5-10-3-1-2-4-11(10)7-12/h1-7,14-15H,8-9H2. The average molecular weight is 199 g/mol. The minimum absolute atomic E-state index is 0.649. The van der Waals surface area contributed by atoms with Gasteiger partial charge in [-0.1, -0.05) is 36.4 Å². The molecule has 76 valence electrons. The fourth-order valence-corrected chi connectivity index (χ4v) is 2.04. The van der Waals surface area contributed by atoms with Crippen molar-refractivity contribution >= 4 is 10.8 Å². The monoisotopic (exact) mass is 199 g/mol. The van der Waals surface area contributed by atoms with E-state index in [1.165, 1.54) is 10.8 Å². The van der Waals surface area contributed by atoms with E-state index in [0.717, 1.165) is 5.56 Å². The van der Waals surface area contributed by atoms with Crippen molar-refractivity contribution in [2.75, 3.05) is 13.1 Å². The van der Waals surface area contributed by atoms with E-state index in [0.29, 0.717) is 13.1 Å². The molecule has 0 amide bonds. The van der Waals surface area contributed by atoms with Crippen LogP contribution in [0.2, 0.25) is 0 Å². The van der Waals surface area contributed by atoms with Gasteiger partial charge in [0.05, 0.1) is 0 Å². The van der Waals surface area contributed by atoms with Gasteiger partial charge in [0.25, 0.3) is 0 Å². The molecule has 1 aliphatic heterocycles. The summed E-state index contributed by atoms with van der Waals surface area (Å²) < 4.78 is 0. The molecule has 0 aliphatic carbocycles. The van der Waals surface area contributed by atoms with E-state index in [-0.39, 0.29) is 0 Å². The molecule has 0 spiro atoms. The van der Waals surface area contributed by atoms with E-state index in [2.05, 4.69) is 29.6 Å². The Bertz CT molecular complexity index is 503. The van der Waals surface area contributed by atoms with Crippen LogP contribution in [0, 0.1) is 0 Å². The molecule has 1 aliphatic rings. The van der Waals surface area contributed by atoms with Crippen LogP contribution in [0.5, 0.6) is 0 Å². The number of nitrogens with one attached hydrogen (secondary N) is 1. The predicted molar refractivity (Wildman–Crippen MR) is 60.7 cm³/mol. The van der Waals surface area contributed by atoms with E-state index in [9.17, 15) is 5.11 Å². The molecule has 1 heterocycles. The van der Waals surface area contributed by atoms with Gasteiger partial charge in [0.2, 0.25) is 0 Å². The van der Waals surface area contributed by atoms with Crippen molar-refractivity contribution in [1.82, 2.24) is 5.32 Å². The lowest BCUT2D eigenvalue weighted by molar-refractivity contribution is -0.0145. The van der Waals surface area contributed by atoms with Crippen LogP contribution >= 0.6 is 0 Å². The first-order valence-corrected chi connectivity index (χ1v) is 5.20. The molecule has 2 N–H and O–H groups in total. The zero-order chi connectivity index (χ0) is 10.3. The topological polar surface area (TPSA) is 32.3 Å². The Morgan fingerprint density at radius 1 is 1.00 bits per heavy atom. The number of β-amino-alcohol motifs (C(OH)–C–C–N with tert-alkyl or cyclic N) is 1. The van der Waals surface area contributed by atoms with Gasteiger partial charge in [-0.15, -0.1) is 0 Å². The molecule has 15 heavy (non-hydrogen) atoms. The summed E-state index contributed by atoms with van der Waals surface area (Å²) in [6, 6.07) is 14.4. The lowest BCUT2D eigenvalue weighted by Crippen LogP contribution is -2.56. The Balaban J connectivity index is 2.14. The van der Waals surface area contributed by atoms with Crippen LogP contribution in [0.1, 0.15) is 5.56 Å². The van der Waals surface area contributed by atoms with E-state index < -0.39 is 5.60 Å². The largest absolute Gasteiger partial charge is 0.382 e. The number of rotatable bonds is 1. The average Bonchev–Trinajstić information content (AvgIpc) is 2.25. The molecule has 2 aromatic carbocycles. The van der Waals surface area contributed by atoms with E-state index in [1.807, 2.05) is 18.2 Å². The molecular weight excluding hydrogens is 186 g/mol. The van der Waals surface area contributed by atoms with Crippen LogP contribution in [0.3, 0.4) is 0 Å². The molecule has 0 aromatic heterocycles. The summed E-state index contributed by atoms with van der Waals surface area (Å²) in [6.07, 6.45) is 0. The van der Waals surface area contributed by atoms with Gasteiger partial charge in [-0.2, -0.15) is 0 Å². The van der Waals surface area contributed by atoms with Crippen molar-refractivity contribution in [2.45, 2.75) is 5.60 Å². The van der Waals surface area contributed by atoms with Crippen molar-refractivity contribution in [1.29, 1.82) is 0 Å². The van der Waals surface area contributed by atoms with Gasteiger partial charge in [-0.25, -0.2) is 0 Å². The lowest BCUT2D eigenvalue weighted by Gasteiger charge is -2.38. The zero-order valence-electron chi connectivity index (χ0n) is 8.40. The summed E-state index contributed by atoms with van der Waals surface area (Å²) in [7, 11) is 0. The van der Waals surface area contributed by atoms with Crippen molar-refractivity contribution in [3.8, 4) is 0 Å². The third-order valence-electron chi connectivity index (χ3n) is 3.12. The highest BCUT2D eigenvalue weighted by molar-refractivity contribution is 5.83. The molecular formula is C13H13NO. The first kappa shape index (κ1) is 8.89. The van der Waals surface area contributed by atoms with E-state index >= 15 is 0 Å². The maximum atomic E-state index is 10.2. The smallest absolute Gasteiger partial charge is 0.114 e. The van der Waals surface area contributed by atoms with Gasteiger partial charge >= 0.3 is 0 Å². The Morgan fingerprint density at radius 2 is 1.73 bits per heavy atom. The molecule has 1 fully saturated rings. The second-order valence-corrected chi connectivity index (χ2v) is 4.20. The highest BCUT2D eigenvalue weighted by Gasteiger charge is 2.35. The molecule has 1 saturated heterocycles. The number of benzene rings is 2. The van der Waals surface area contributed by atoms with Crippen molar-refractivity contribution in [2.24, 2.45) is 0 Å². The summed E-state index contributed by atoms with van der Waals surface area (Å²) in [5.74, 6) is 0. The summed E-state index contributed by atoms with van der Waals surface area (Å²) in [6.45, 7) is 1.32. The summed E-state index contributed by atoms with van der Waals surface area (Å²) in [4.78, 5) is 0. The quantitative estimate of drug-likeness (QED) is 0.731. The van der Waals surface area contributed by atoms with Crippen LogP contribution in [0.15, 0.2) is 42.5 Å². The zero-order valence-corrected chi connectivity index (χ0v) is 8.40. The van der Waals surface area contributed by atoms with Crippen LogP contribution < -0.4 is 5.32 Å². The van der Waals surface area contributed by atoms with Crippen LogP contribution in [0.4, 0.5) is 0 Å².